The number of ether oxygens (including phenoxy) is 2. The van der Waals surface area contributed by atoms with E-state index in [-0.39, 0.29) is 24.8 Å². The number of carbonyl (C=O) groups is 2. The fourth-order valence-corrected chi connectivity index (χ4v) is 4.46. The molecule has 214 valence electrons. The molecule has 3 heterocycles. The molecule has 1 aliphatic rings. The Hall–Kier alpha value is -4.85. The van der Waals surface area contributed by atoms with Crippen LogP contribution in [0.25, 0.3) is 11.0 Å². The molecule has 1 unspecified atom stereocenters. The van der Waals surface area contributed by atoms with Gasteiger partial charge < -0.3 is 35.1 Å². The number of rotatable bonds is 7. The van der Waals surface area contributed by atoms with Gasteiger partial charge >= 0.3 is 12.3 Å². The first kappa shape index (κ1) is 27.7. The molecule has 0 saturated carbocycles. The molecule has 41 heavy (non-hydrogen) atoms. The van der Waals surface area contributed by atoms with Gasteiger partial charge in [0.1, 0.15) is 17.2 Å². The molecule has 2 amide bonds. The number of H-pyrrole nitrogens is 1. The van der Waals surface area contributed by atoms with E-state index in [9.17, 15) is 27.9 Å². The van der Waals surface area contributed by atoms with Crippen molar-refractivity contribution in [3.63, 3.8) is 0 Å². The number of pyridine rings is 1. The van der Waals surface area contributed by atoms with Gasteiger partial charge in [-0.2, -0.15) is 13.2 Å². The van der Waals surface area contributed by atoms with Gasteiger partial charge in [-0.3, -0.25) is 9.78 Å². The Bertz CT molecular complexity index is 1560. The summed E-state index contributed by atoms with van der Waals surface area (Å²) >= 11 is 0. The first-order valence-electron chi connectivity index (χ1n) is 12.5. The second-order valence-electron chi connectivity index (χ2n) is 9.31. The van der Waals surface area contributed by atoms with Crippen molar-refractivity contribution >= 4 is 34.7 Å². The maximum Gasteiger partial charge on any atom is 0.416 e. The zero-order chi connectivity index (χ0) is 29.1. The number of aromatic amines is 1. The van der Waals surface area contributed by atoms with Gasteiger partial charge in [0.15, 0.2) is 0 Å². The quantitative estimate of drug-likeness (QED) is 0.243. The average molecular weight is 571 g/mol. The molecule has 0 radical (unpaired) electrons. The number of fused-ring (bicyclic) bond motifs is 1. The third-order valence-corrected chi connectivity index (χ3v) is 6.58. The minimum absolute atomic E-state index is 0.113. The lowest BCUT2D eigenvalue weighted by atomic mass is 10.0. The Morgan fingerprint density at radius 2 is 1.85 bits per heavy atom. The molecule has 1 saturated heterocycles. The Morgan fingerprint density at radius 3 is 2.56 bits per heavy atom. The topological polar surface area (TPSA) is 142 Å². The lowest BCUT2D eigenvalue weighted by Crippen LogP contribution is -2.55. The van der Waals surface area contributed by atoms with Gasteiger partial charge in [-0.15, -0.1) is 0 Å². The maximum absolute atomic E-state index is 12.9. The highest BCUT2D eigenvalue weighted by atomic mass is 19.4. The molecule has 4 aromatic rings. The van der Waals surface area contributed by atoms with Crippen LogP contribution in [0, 0.1) is 0 Å². The van der Waals surface area contributed by atoms with Gasteiger partial charge in [0, 0.05) is 37.7 Å². The van der Waals surface area contributed by atoms with E-state index in [0.29, 0.717) is 40.6 Å². The summed E-state index contributed by atoms with van der Waals surface area (Å²) in [5.74, 6) is 0.673. The highest BCUT2D eigenvalue weighted by Crippen LogP contribution is 2.31. The fraction of sp³-hybridized carbons (Fsp3) is 0.259. The van der Waals surface area contributed by atoms with E-state index in [1.165, 1.54) is 36.4 Å². The predicted octanol–water partition coefficient (Wildman–Crippen LogP) is 5.01. The van der Waals surface area contributed by atoms with E-state index in [1.54, 1.807) is 24.3 Å². The summed E-state index contributed by atoms with van der Waals surface area (Å²) in [7, 11) is 1.46. The van der Waals surface area contributed by atoms with E-state index in [1.807, 2.05) is 0 Å². The van der Waals surface area contributed by atoms with E-state index in [2.05, 4.69) is 25.6 Å². The molecule has 2 aromatic carbocycles. The van der Waals surface area contributed by atoms with E-state index in [4.69, 9.17) is 9.47 Å². The monoisotopic (exact) mass is 570 g/mol. The second kappa shape index (κ2) is 11.3. The molecule has 0 spiro atoms. The van der Waals surface area contributed by atoms with Crippen molar-refractivity contribution in [3.05, 3.63) is 72.1 Å². The van der Waals surface area contributed by atoms with Crippen molar-refractivity contribution in [2.24, 2.45) is 0 Å². The number of carboxylic acid groups (broad SMARTS) is 1. The van der Waals surface area contributed by atoms with Crippen molar-refractivity contribution in [1.29, 1.82) is 0 Å². The number of nitrogens with zero attached hydrogens (tertiary/aromatic N) is 3. The number of halogens is 3. The van der Waals surface area contributed by atoms with Gasteiger partial charge in [0.2, 0.25) is 5.95 Å². The number of methoxy groups -OCH3 is 1. The Labute approximate surface area is 231 Å². The minimum Gasteiger partial charge on any atom is -0.465 e. The van der Waals surface area contributed by atoms with Crippen LogP contribution >= 0.6 is 0 Å². The summed E-state index contributed by atoms with van der Waals surface area (Å²) in [5, 5.41) is 15.0. The number of nitrogens with one attached hydrogen (secondary N) is 3. The highest BCUT2D eigenvalue weighted by molar-refractivity contribution is 5.93. The van der Waals surface area contributed by atoms with Crippen LogP contribution in [-0.2, 0) is 10.9 Å². The first-order chi connectivity index (χ1) is 19.6. The number of likely N-dealkylation sites (tertiary alicyclic amines) is 1. The van der Waals surface area contributed by atoms with Gasteiger partial charge in [-0.1, -0.05) is 0 Å². The molecular weight excluding hydrogens is 545 g/mol. The van der Waals surface area contributed by atoms with Crippen molar-refractivity contribution < 1.29 is 37.3 Å². The summed E-state index contributed by atoms with van der Waals surface area (Å²) in [6.07, 6.45) is -4.12. The number of imidazole rings is 1. The molecule has 14 heteroatoms. The van der Waals surface area contributed by atoms with Crippen LogP contribution in [0.15, 0.2) is 60.8 Å². The van der Waals surface area contributed by atoms with E-state index < -0.39 is 29.8 Å². The number of piperidine rings is 1. The fourth-order valence-electron chi connectivity index (χ4n) is 4.46. The van der Waals surface area contributed by atoms with Crippen molar-refractivity contribution in [3.8, 4) is 11.5 Å². The maximum atomic E-state index is 12.9. The zero-order valence-electron chi connectivity index (χ0n) is 21.6. The summed E-state index contributed by atoms with van der Waals surface area (Å²) in [5.41, 5.74) is 1.01. The molecule has 2 aromatic heterocycles. The van der Waals surface area contributed by atoms with E-state index in [0.717, 1.165) is 12.1 Å². The van der Waals surface area contributed by atoms with Crippen LogP contribution < -0.4 is 15.4 Å². The van der Waals surface area contributed by atoms with Crippen LogP contribution in [0.4, 0.5) is 29.6 Å². The molecular formula is C27H25F3N6O5. The zero-order valence-corrected chi connectivity index (χ0v) is 21.6. The average Bonchev–Trinajstić information content (AvgIpc) is 3.34. The molecule has 1 fully saturated rings. The van der Waals surface area contributed by atoms with Crippen LogP contribution in [0.3, 0.4) is 0 Å². The molecule has 4 N–H and O–H groups in total. The first-order valence-corrected chi connectivity index (χ1v) is 12.5. The standard InChI is InChI=1S/C27H25F3N6O5/c1-40-23-14-36(26(38)39)11-9-20(23)33-24(37)22-13-18(8-10-31-22)41-17-6-7-19-21(12-17)35-25(34-19)32-16-4-2-15(3-5-16)27(28,29)30/h2-8,10,12-13,20,23H,9,11,14H2,1H3,(H,33,37)(H,38,39)(H2,32,34,35)/t20?,23-/m1/s1. The van der Waals surface area contributed by atoms with Gasteiger partial charge in [-0.25, -0.2) is 9.78 Å². The number of hydrogen-bond acceptors (Lipinski definition) is 7. The molecule has 2 atom stereocenters. The Balaban J connectivity index is 1.24. The number of benzene rings is 2. The Kier molecular flexibility index (Phi) is 7.66. The number of amides is 2. The highest BCUT2D eigenvalue weighted by Gasteiger charge is 2.33. The number of aromatic nitrogens is 3. The molecule has 5 rings (SSSR count). The third-order valence-electron chi connectivity index (χ3n) is 6.58. The van der Waals surface area contributed by atoms with Crippen LogP contribution in [0.2, 0.25) is 0 Å². The van der Waals surface area contributed by atoms with Crippen LogP contribution in [-0.4, -0.2) is 69.3 Å². The lowest BCUT2D eigenvalue weighted by Gasteiger charge is -2.36. The number of carbonyl (C=O) groups excluding carboxylic acids is 1. The van der Waals surface area contributed by atoms with Crippen molar-refractivity contribution in [2.75, 3.05) is 25.5 Å². The van der Waals surface area contributed by atoms with Gasteiger partial charge in [-0.05, 0) is 48.9 Å². The SMILES string of the molecule is CO[C@@H]1CN(C(=O)O)CCC1NC(=O)c1cc(Oc2ccc3[nH]c(Nc4ccc(C(F)(F)F)cc4)nc3c2)ccn1. The van der Waals surface area contributed by atoms with Gasteiger partial charge in [0.05, 0.1) is 35.3 Å². The molecule has 0 bridgehead atoms. The summed E-state index contributed by atoms with van der Waals surface area (Å²) in [6.45, 7) is 0.415. The van der Waals surface area contributed by atoms with Crippen LogP contribution in [0.1, 0.15) is 22.5 Å². The minimum atomic E-state index is -4.41. The summed E-state index contributed by atoms with van der Waals surface area (Å²) < 4.78 is 49.7. The molecule has 0 aliphatic carbocycles. The summed E-state index contributed by atoms with van der Waals surface area (Å²) in [6, 6.07) is 12.4. The normalized spacial score (nSPS) is 17.3. The smallest absolute Gasteiger partial charge is 0.416 e. The third kappa shape index (κ3) is 6.49. The number of hydrogen-bond donors (Lipinski definition) is 4. The van der Waals surface area contributed by atoms with Crippen molar-refractivity contribution in [2.45, 2.75) is 24.7 Å². The molecule has 1 aliphatic heterocycles. The number of alkyl halides is 3. The van der Waals surface area contributed by atoms with Crippen molar-refractivity contribution in [1.82, 2.24) is 25.2 Å². The summed E-state index contributed by atoms with van der Waals surface area (Å²) in [4.78, 5) is 37.0. The second-order valence-corrected chi connectivity index (χ2v) is 9.31. The number of anilines is 2. The van der Waals surface area contributed by atoms with E-state index >= 15 is 0 Å². The predicted molar refractivity (Wildman–Crippen MR) is 141 cm³/mol. The van der Waals surface area contributed by atoms with Gasteiger partial charge in [0.25, 0.3) is 5.91 Å². The lowest BCUT2D eigenvalue weighted by molar-refractivity contribution is -0.137. The molecule has 11 nitrogen and oxygen atoms in total. The Morgan fingerprint density at radius 1 is 1.10 bits per heavy atom. The van der Waals surface area contributed by atoms with Crippen LogP contribution in [0.5, 0.6) is 11.5 Å². The largest absolute Gasteiger partial charge is 0.465 e.